The van der Waals surface area contributed by atoms with E-state index in [-0.39, 0.29) is 17.0 Å². The van der Waals surface area contributed by atoms with Crippen molar-refractivity contribution >= 4 is 11.6 Å². The standard InChI is InChI=1S/C39H70N4O2/c1-38(2,42-27-19-34(20-28-42)40-23-11-12-24-40)36(44)31-32-15-7-5-9-17-33(18-10-6-8-16-32)37(45)39(3,4)43-29-21-35(22-30-43)41-25-13-14-26-41/h32-35H,5-31H2,1-4H3. The lowest BCUT2D eigenvalue weighted by Crippen LogP contribution is -2.56. The van der Waals surface area contributed by atoms with Crippen molar-refractivity contribution in [1.29, 1.82) is 0 Å². The zero-order chi connectivity index (χ0) is 31.9. The molecule has 258 valence electrons. The van der Waals surface area contributed by atoms with Crippen LogP contribution in [0.15, 0.2) is 0 Å². The summed E-state index contributed by atoms with van der Waals surface area (Å²) >= 11 is 0. The minimum Gasteiger partial charge on any atom is -0.300 e. The zero-order valence-electron chi connectivity index (χ0n) is 30.0. The van der Waals surface area contributed by atoms with Gasteiger partial charge in [0.05, 0.1) is 11.1 Å². The SMILES string of the molecule is CC(C)(C(=O)CC1CCCCCC(C(=O)C(C)(C)N2CCC(N3CCCC3)CC2)CCCCC1)N1CCC(N2CCCC2)CC1. The Kier molecular flexibility index (Phi) is 13.0. The van der Waals surface area contributed by atoms with E-state index in [0.717, 1.165) is 70.4 Å². The first-order chi connectivity index (χ1) is 21.7. The van der Waals surface area contributed by atoms with E-state index in [1.807, 2.05) is 0 Å². The van der Waals surface area contributed by atoms with E-state index in [1.54, 1.807) is 0 Å². The first-order valence-corrected chi connectivity index (χ1v) is 19.7. The van der Waals surface area contributed by atoms with Crippen molar-refractivity contribution in [1.82, 2.24) is 19.6 Å². The van der Waals surface area contributed by atoms with Gasteiger partial charge in [-0.25, -0.2) is 0 Å². The van der Waals surface area contributed by atoms with Crippen LogP contribution in [0.2, 0.25) is 0 Å². The average Bonchev–Trinajstić information content (AvgIpc) is 3.78. The van der Waals surface area contributed by atoms with Crippen molar-refractivity contribution in [3.05, 3.63) is 0 Å². The Labute approximate surface area is 277 Å². The smallest absolute Gasteiger partial charge is 0.155 e. The molecule has 4 aliphatic heterocycles. The summed E-state index contributed by atoms with van der Waals surface area (Å²) in [7, 11) is 0. The van der Waals surface area contributed by atoms with E-state index in [9.17, 15) is 9.59 Å². The van der Waals surface area contributed by atoms with Crippen molar-refractivity contribution in [3.63, 3.8) is 0 Å². The minimum atomic E-state index is -0.348. The molecule has 0 spiro atoms. The number of piperidine rings is 2. The molecule has 1 saturated carbocycles. The fourth-order valence-electron chi connectivity index (χ4n) is 9.89. The molecule has 4 heterocycles. The highest BCUT2D eigenvalue weighted by Gasteiger charge is 2.41. The molecule has 5 aliphatic rings. The zero-order valence-corrected chi connectivity index (χ0v) is 30.0. The normalized spacial score (nSPS) is 29.4. The fourth-order valence-corrected chi connectivity index (χ4v) is 9.89. The van der Waals surface area contributed by atoms with Gasteiger partial charge in [0.25, 0.3) is 0 Å². The van der Waals surface area contributed by atoms with E-state index in [1.165, 1.54) is 116 Å². The first-order valence-electron chi connectivity index (χ1n) is 19.7. The second-order valence-electron chi connectivity index (χ2n) is 16.9. The van der Waals surface area contributed by atoms with E-state index in [2.05, 4.69) is 47.3 Å². The molecule has 0 radical (unpaired) electrons. The molecule has 0 aromatic heterocycles. The Morgan fingerprint density at radius 2 is 0.889 bits per heavy atom. The number of ketones is 2. The highest BCUT2D eigenvalue weighted by Crippen LogP contribution is 2.34. The van der Waals surface area contributed by atoms with Crippen LogP contribution in [0.25, 0.3) is 0 Å². The minimum absolute atomic E-state index is 0.212. The van der Waals surface area contributed by atoms with Crippen LogP contribution in [0.3, 0.4) is 0 Å². The van der Waals surface area contributed by atoms with Gasteiger partial charge in [-0.05, 0) is 124 Å². The van der Waals surface area contributed by atoms with Gasteiger partial charge in [0, 0.05) is 50.6 Å². The third kappa shape index (κ3) is 9.21. The van der Waals surface area contributed by atoms with Crippen LogP contribution in [-0.2, 0) is 9.59 Å². The Bertz CT molecular complexity index is 907. The van der Waals surface area contributed by atoms with Crippen LogP contribution in [0.5, 0.6) is 0 Å². The van der Waals surface area contributed by atoms with Crippen molar-refractivity contribution in [2.24, 2.45) is 11.8 Å². The largest absolute Gasteiger partial charge is 0.300 e. The quantitative estimate of drug-likeness (QED) is 0.267. The maximum absolute atomic E-state index is 14.1. The van der Waals surface area contributed by atoms with Crippen molar-refractivity contribution in [3.8, 4) is 0 Å². The Balaban J connectivity index is 1.05. The number of Topliss-reactive ketones (excluding diaryl/α,β-unsaturated/α-hetero) is 2. The number of nitrogens with zero attached hydrogens (tertiary/aromatic N) is 4. The molecule has 0 aromatic carbocycles. The molecule has 0 unspecified atom stereocenters. The van der Waals surface area contributed by atoms with Crippen molar-refractivity contribution in [2.75, 3.05) is 52.4 Å². The molecule has 0 aromatic rings. The summed E-state index contributed by atoms with van der Waals surface area (Å²) in [5.74, 6) is 1.72. The molecule has 6 heteroatoms. The molecule has 0 atom stereocenters. The third-order valence-electron chi connectivity index (χ3n) is 13.3. The van der Waals surface area contributed by atoms with E-state index >= 15 is 0 Å². The van der Waals surface area contributed by atoms with Gasteiger partial charge in [0.2, 0.25) is 0 Å². The molecule has 1 aliphatic carbocycles. The Morgan fingerprint density at radius 3 is 1.33 bits per heavy atom. The highest BCUT2D eigenvalue weighted by atomic mass is 16.1. The molecule has 4 saturated heterocycles. The van der Waals surface area contributed by atoms with Gasteiger partial charge in [-0.2, -0.15) is 0 Å². The molecule has 6 nitrogen and oxygen atoms in total. The fraction of sp³-hybridized carbons (Fsp3) is 0.949. The molecule has 5 fully saturated rings. The molecule has 0 amide bonds. The molecule has 0 bridgehead atoms. The lowest BCUT2D eigenvalue weighted by molar-refractivity contribution is -0.135. The van der Waals surface area contributed by atoms with Gasteiger partial charge in [-0.15, -0.1) is 0 Å². The predicted octanol–water partition coefficient (Wildman–Crippen LogP) is 7.34. The van der Waals surface area contributed by atoms with Crippen LogP contribution in [0.4, 0.5) is 0 Å². The molecule has 45 heavy (non-hydrogen) atoms. The van der Waals surface area contributed by atoms with Gasteiger partial charge < -0.3 is 9.80 Å². The number of carbonyl (C=O) groups is 2. The van der Waals surface area contributed by atoms with Gasteiger partial charge in [-0.3, -0.25) is 19.4 Å². The summed E-state index contributed by atoms with van der Waals surface area (Å²) in [5, 5.41) is 0. The van der Waals surface area contributed by atoms with Gasteiger partial charge in [0.15, 0.2) is 11.6 Å². The average molecular weight is 627 g/mol. The second-order valence-corrected chi connectivity index (χ2v) is 16.9. The van der Waals surface area contributed by atoms with Crippen LogP contribution in [0.1, 0.15) is 150 Å². The summed E-state index contributed by atoms with van der Waals surface area (Å²) in [4.78, 5) is 38.3. The van der Waals surface area contributed by atoms with Gasteiger partial charge >= 0.3 is 0 Å². The van der Waals surface area contributed by atoms with Crippen LogP contribution >= 0.6 is 0 Å². The monoisotopic (exact) mass is 627 g/mol. The third-order valence-corrected chi connectivity index (χ3v) is 13.3. The lowest BCUT2D eigenvalue weighted by Gasteiger charge is -2.45. The van der Waals surface area contributed by atoms with E-state index in [4.69, 9.17) is 0 Å². The maximum Gasteiger partial charge on any atom is 0.155 e. The molecular weight excluding hydrogens is 556 g/mol. The number of likely N-dealkylation sites (tertiary alicyclic amines) is 4. The number of hydrogen-bond donors (Lipinski definition) is 0. The van der Waals surface area contributed by atoms with Crippen molar-refractivity contribution < 1.29 is 9.59 Å². The first kappa shape index (κ1) is 35.5. The molecule has 0 N–H and O–H groups in total. The number of rotatable bonds is 9. The number of hydrogen-bond acceptors (Lipinski definition) is 6. The summed E-state index contributed by atoms with van der Waals surface area (Å²) in [6.07, 6.45) is 22.6. The topological polar surface area (TPSA) is 47.1 Å². The summed E-state index contributed by atoms with van der Waals surface area (Å²) in [6, 6.07) is 1.47. The van der Waals surface area contributed by atoms with Crippen LogP contribution in [0, 0.1) is 11.8 Å². The molecular formula is C39H70N4O2. The molecule has 5 rings (SSSR count). The van der Waals surface area contributed by atoms with Crippen LogP contribution in [-0.4, -0.2) is 107 Å². The second kappa shape index (κ2) is 16.5. The van der Waals surface area contributed by atoms with Crippen LogP contribution < -0.4 is 0 Å². The maximum atomic E-state index is 14.1. The van der Waals surface area contributed by atoms with E-state index in [0.29, 0.717) is 17.5 Å². The lowest BCUT2D eigenvalue weighted by atomic mass is 9.79. The summed E-state index contributed by atoms with van der Waals surface area (Å²) in [5.41, 5.74) is -0.692. The predicted molar refractivity (Wildman–Crippen MR) is 187 cm³/mol. The number of carbonyl (C=O) groups excluding carboxylic acids is 2. The highest BCUT2D eigenvalue weighted by molar-refractivity contribution is 5.89. The van der Waals surface area contributed by atoms with E-state index < -0.39 is 0 Å². The Hall–Kier alpha value is -0.820. The van der Waals surface area contributed by atoms with Gasteiger partial charge in [0.1, 0.15) is 0 Å². The summed E-state index contributed by atoms with van der Waals surface area (Å²) in [6.45, 7) is 18.2. The summed E-state index contributed by atoms with van der Waals surface area (Å²) < 4.78 is 0. The van der Waals surface area contributed by atoms with Crippen molar-refractivity contribution in [2.45, 2.75) is 173 Å². The van der Waals surface area contributed by atoms with Gasteiger partial charge in [-0.1, -0.05) is 51.4 Å². The Morgan fingerprint density at radius 1 is 0.489 bits per heavy atom.